The van der Waals surface area contributed by atoms with Crippen molar-refractivity contribution in [3.63, 3.8) is 0 Å². The Bertz CT molecular complexity index is 1830. The van der Waals surface area contributed by atoms with Gasteiger partial charge in [-0.25, -0.2) is 8.42 Å². The van der Waals surface area contributed by atoms with E-state index < -0.39 is 27.8 Å². The number of nitrogens with one attached hydrogen (secondary N) is 2. The molecule has 2 heterocycles. The highest BCUT2D eigenvalue weighted by atomic mass is 35.5. The van der Waals surface area contributed by atoms with E-state index in [1.165, 1.54) is 31.2 Å². The molecule has 16 heteroatoms. The zero-order valence-corrected chi connectivity index (χ0v) is 31.8. The molecule has 3 aromatic rings. The molecule has 0 saturated carbocycles. The van der Waals surface area contributed by atoms with Crippen LogP contribution in [0.25, 0.3) is 0 Å². The second-order valence-corrected chi connectivity index (χ2v) is 15.4. The zero-order valence-electron chi connectivity index (χ0n) is 29.5. The maximum absolute atomic E-state index is 15.2. The number of hydrogen-bond acceptors (Lipinski definition) is 10. The van der Waals surface area contributed by atoms with E-state index in [1.807, 2.05) is 36.1 Å². The van der Waals surface area contributed by atoms with Crippen molar-refractivity contribution < 1.29 is 27.6 Å². The highest BCUT2D eigenvalue weighted by Crippen LogP contribution is 2.45. The first-order valence-corrected chi connectivity index (χ1v) is 19.0. The van der Waals surface area contributed by atoms with Crippen LogP contribution in [-0.2, 0) is 30.1 Å². The largest absolute Gasteiger partial charge is 0.493 e. The minimum Gasteiger partial charge on any atom is -0.493 e. The number of ether oxygens (including phenoxy) is 1. The summed E-state index contributed by atoms with van der Waals surface area (Å²) >= 11 is 12.6. The van der Waals surface area contributed by atoms with Crippen molar-refractivity contribution in [2.75, 3.05) is 67.1 Å². The summed E-state index contributed by atoms with van der Waals surface area (Å²) in [5, 5.41) is 17.2. The van der Waals surface area contributed by atoms with Crippen LogP contribution in [0.1, 0.15) is 42.1 Å². The fourth-order valence-electron chi connectivity index (χ4n) is 6.45. The van der Waals surface area contributed by atoms with E-state index in [-0.39, 0.29) is 41.8 Å². The monoisotopic (exact) mass is 771 g/mol. The Balaban J connectivity index is 1.60. The number of carbonyl (C=O) groups is 2. The van der Waals surface area contributed by atoms with Gasteiger partial charge in [0.05, 0.1) is 49.7 Å². The predicted octanol–water partition coefficient (Wildman–Crippen LogP) is 3.92. The van der Waals surface area contributed by atoms with Crippen molar-refractivity contribution in [1.29, 1.82) is 5.26 Å². The van der Waals surface area contributed by atoms with Gasteiger partial charge >= 0.3 is 0 Å². The number of halogens is 2. The molecular formula is C36H43Cl2N7O6S. The number of piperazine rings is 1. The Morgan fingerprint density at radius 3 is 2.00 bits per heavy atom. The number of sulfonamides is 1. The molecule has 5 rings (SSSR count). The standard InChI is InChI=1S/C36H43Cl2N7O6S/c1-5-51-31-16-15-29(52(48,49)43(3)50-4)23-30(31)36(35(47)45-21-19-44(20-22-45)24-32(46)42(2)18-6-17-39)40-33(25-7-11-27(37)12-8-25)34(41-36)26-9-13-28(38)14-10-26/h7-16,23,33-34,40-41H,5-6,18-22,24H2,1-4H3/t33-,34+,36?. The molecule has 1 unspecified atom stereocenters. The molecule has 2 aliphatic rings. The van der Waals surface area contributed by atoms with Crippen molar-refractivity contribution in [2.45, 2.75) is 36.0 Å². The lowest BCUT2D eigenvalue weighted by atomic mass is 9.95. The van der Waals surface area contributed by atoms with Gasteiger partial charge in [-0.3, -0.25) is 30.0 Å². The lowest BCUT2D eigenvalue weighted by molar-refractivity contribution is -0.142. The quantitative estimate of drug-likeness (QED) is 0.245. The number of amides is 2. The molecule has 0 spiro atoms. The first-order valence-electron chi connectivity index (χ1n) is 16.8. The molecule has 0 aromatic heterocycles. The molecule has 2 saturated heterocycles. The summed E-state index contributed by atoms with van der Waals surface area (Å²) in [4.78, 5) is 38.2. The van der Waals surface area contributed by atoms with E-state index >= 15 is 4.79 Å². The Hall–Kier alpha value is -3.78. The number of hydroxylamine groups is 1. The van der Waals surface area contributed by atoms with Gasteiger partial charge in [0, 0.05) is 62.4 Å². The Kier molecular flexibility index (Phi) is 12.8. The van der Waals surface area contributed by atoms with E-state index in [4.69, 9.17) is 38.0 Å². The number of likely N-dealkylation sites (N-methyl/N-ethyl adjacent to an activating group) is 1. The second kappa shape index (κ2) is 16.9. The Morgan fingerprint density at radius 2 is 1.50 bits per heavy atom. The van der Waals surface area contributed by atoms with Crippen LogP contribution >= 0.6 is 23.2 Å². The summed E-state index contributed by atoms with van der Waals surface area (Å²) in [6.07, 6.45) is 0.245. The van der Waals surface area contributed by atoms with Gasteiger partial charge in [0.1, 0.15) is 5.75 Å². The third-order valence-corrected chi connectivity index (χ3v) is 11.6. The highest BCUT2D eigenvalue weighted by Gasteiger charge is 2.55. The summed E-state index contributed by atoms with van der Waals surface area (Å²) in [5.74, 6) is -0.149. The van der Waals surface area contributed by atoms with E-state index in [2.05, 4.69) is 16.7 Å². The summed E-state index contributed by atoms with van der Waals surface area (Å²) in [6.45, 7) is 3.99. The molecule has 2 aliphatic heterocycles. The third kappa shape index (κ3) is 8.38. The summed E-state index contributed by atoms with van der Waals surface area (Å²) in [5.41, 5.74) is 0.232. The molecule has 52 heavy (non-hydrogen) atoms. The molecule has 278 valence electrons. The number of carbonyl (C=O) groups excluding carboxylic acids is 2. The second-order valence-electron chi connectivity index (χ2n) is 12.6. The average molecular weight is 773 g/mol. The first kappa shape index (κ1) is 39.4. The Morgan fingerprint density at radius 1 is 0.942 bits per heavy atom. The van der Waals surface area contributed by atoms with Crippen LogP contribution in [0, 0.1) is 11.3 Å². The summed E-state index contributed by atoms with van der Waals surface area (Å²) in [7, 11) is 0.0745. The first-order chi connectivity index (χ1) is 24.8. The van der Waals surface area contributed by atoms with E-state index in [0.29, 0.717) is 48.5 Å². The SMILES string of the molecule is CCOc1ccc(S(=O)(=O)N(C)OC)cc1C1(C(=O)N2CCN(CC(=O)N(C)CCC#N)CC2)N[C@H](c2ccc(Cl)cc2)[C@H](c2ccc(Cl)cc2)N1. The molecule has 0 aliphatic carbocycles. The molecule has 0 radical (unpaired) electrons. The molecular weight excluding hydrogens is 729 g/mol. The van der Waals surface area contributed by atoms with Crippen LogP contribution in [0.15, 0.2) is 71.6 Å². The van der Waals surface area contributed by atoms with Crippen LogP contribution in [0.4, 0.5) is 0 Å². The molecule has 0 bridgehead atoms. The molecule has 3 atom stereocenters. The van der Waals surface area contributed by atoms with Gasteiger partial charge in [0.15, 0.2) is 5.66 Å². The van der Waals surface area contributed by atoms with Crippen molar-refractivity contribution >= 4 is 45.0 Å². The van der Waals surface area contributed by atoms with E-state index in [9.17, 15) is 13.2 Å². The van der Waals surface area contributed by atoms with Crippen molar-refractivity contribution in [3.8, 4) is 11.8 Å². The van der Waals surface area contributed by atoms with Gasteiger partial charge in [0.25, 0.3) is 15.9 Å². The normalized spacial score (nSPS) is 20.8. The van der Waals surface area contributed by atoms with Crippen LogP contribution < -0.4 is 15.4 Å². The predicted molar refractivity (Wildman–Crippen MR) is 197 cm³/mol. The molecule has 2 fully saturated rings. The summed E-state index contributed by atoms with van der Waals surface area (Å²) in [6, 6.07) is 20.1. The zero-order chi connectivity index (χ0) is 37.6. The number of nitrogens with zero attached hydrogens (tertiary/aromatic N) is 5. The van der Waals surface area contributed by atoms with Gasteiger partial charge in [0.2, 0.25) is 5.91 Å². The van der Waals surface area contributed by atoms with E-state index in [1.54, 1.807) is 42.3 Å². The van der Waals surface area contributed by atoms with Gasteiger partial charge in [-0.2, -0.15) is 5.26 Å². The number of benzene rings is 3. The van der Waals surface area contributed by atoms with Crippen molar-refractivity contribution in [2.24, 2.45) is 0 Å². The number of rotatable bonds is 13. The van der Waals surface area contributed by atoms with Crippen LogP contribution in [-0.4, -0.2) is 106 Å². The van der Waals surface area contributed by atoms with E-state index in [0.717, 1.165) is 15.6 Å². The third-order valence-electron chi connectivity index (χ3n) is 9.41. The van der Waals surface area contributed by atoms with Gasteiger partial charge < -0.3 is 14.5 Å². The molecule has 13 nitrogen and oxygen atoms in total. The molecule has 2 N–H and O–H groups in total. The Labute approximate surface area is 315 Å². The summed E-state index contributed by atoms with van der Waals surface area (Å²) < 4.78 is 34.0. The van der Waals surface area contributed by atoms with Gasteiger partial charge in [-0.05, 0) is 60.5 Å². The fourth-order valence-corrected chi connectivity index (χ4v) is 7.70. The van der Waals surface area contributed by atoms with Crippen molar-refractivity contribution in [3.05, 3.63) is 93.5 Å². The van der Waals surface area contributed by atoms with Crippen molar-refractivity contribution in [1.82, 2.24) is 29.8 Å². The molecule has 2 amide bonds. The lowest BCUT2D eigenvalue weighted by Gasteiger charge is -2.41. The number of nitriles is 1. The number of hydrogen-bond donors (Lipinski definition) is 2. The smallest absolute Gasteiger partial charge is 0.264 e. The van der Waals surface area contributed by atoms with Gasteiger partial charge in [-0.1, -0.05) is 51.9 Å². The van der Waals surface area contributed by atoms with Gasteiger partial charge in [-0.15, -0.1) is 0 Å². The topological polar surface area (TPSA) is 148 Å². The highest BCUT2D eigenvalue weighted by molar-refractivity contribution is 7.89. The molecule has 3 aromatic carbocycles. The fraction of sp³-hybridized carbons (Fsp3) is 0.417. The lowest BCUT2D eigenvalue weighted by Crippen LogP contribution is -2.62. The minimum atomic E-state index is -4.14. The van der Waals surface area contributed by atoms with Crippen LogP contribution in [0.2, 0.25) is 10.0 Å². The van der Waals surface area contributed by atoms with Crippen LogP contribution in [0.3, 0.4) is 0 Å². The minimum absolute atomic E-state index is 0.104. The maximum Gasteiger partial charge on any atom is 0.264 e. The maximum atomic E-state index is 15.2. The van der Waals surface area contributed by atoms with Crippen LogP contribution in [0.5, 0.6) is 5.75 Å². The average Bonchev–Trinajstić information content (AvgIpc) is 3.56.